The van der Waals surface area contributed by atoms with Crippen molar-refractivity contribution >= 4 is 5.97 Å². The molecule has 0 spiro atoms. The van der Waals surface area contributed by atoms with E-state index in [1.165, 1.54) is 0 Å². The topological polar surface area (TPSA) is 64.3 Å². The van der Waals surface area contributed by atoms with Crippen LogP contribution in [0.5, 0.6) is 5.75 Å². The van der Waals surface area contributed by atoms with E-state index in [2.05, 4.69) is 4.98 Å². The second-order valence-electron chi connectivity index (χ2n) is 4.40. The maximum absolute atomic E-state index is 11.3. The number of ether oxygens (including phenoxy) is 1. The maximum Gasteiger partial charge on any atom is 0.356 e. The molecule has 1 heterocycles. The average Bonchev–Trinajstić information content (AvgIpc) is 2.66. The third kappa shape index (κ3) is 2.19. The van der Waals surface area contributed by atoms with Gasteiger partial charge >= 0.3 is 5.97 Å². The van der Waals surface area contributed by atoms with Gasteiger partial charge in [0.05, 0.1) is 12.8 Å². The van der Waals surface area contributed by atoms with Gasteiger partial charge in [-0.15, -0.1) is 0 Å². The third-order valence-corrected chi connectivity index (χ3v) is 3.19. The normalized spacial score (nSPS) is 10.5. The Bertz CT molecular complexity index is 644. The molecule has 0 radical (unpaired) electrons. The Morgan fingerprint density at radius 1 is 1.37 bits per heavy atom. The van der Waals surface area contributed by atoms with Gasteiger partial charge in [0.15, 0.2) is 5.69 Å². The van der Waals surface area contributed by atoms with Gasteiger partial charge in [-0.2, -0.15) is 0 Å². The number of benzene rings is 1. The van der Waals surface area contributed by atoms with E-state index in [0.717, 1.165) is 16.9 Å². The molecule has 0 unspecified atom stereocenters. The SMILES string of the molecule is COc1ccc(-c2c(C(=O)O)nc(C)n2C)cc1C. The summed E-state index contributed by atoms with van der Waals surface area (Å²) >= 11 is 0. The summed E-state index contributed by atoms with van der Waals surface area (Å²) in [6, 6.07) is 5.58. The summed E-state index contributed by atoms with van der Waals surface area (Å²) in [4.78, 5) is 15.4. The highest BCUT2D eigenvalue weighted by Crippen LogP contribution is 2.28. The molecule has 0 saturated carbocycles. The van der Waals surface area contributed by atoms with Crippen LogP contribution in [-0.4, -0.2) is 27.7 Å². The molecular formula is C14H16N2O3. The molecule has 2 rings (SSSR count). The van der Waals surface area contributed by atoms with Crippen LogP contribution in [-0.2, 0) is 7.05 Å². The van der Waals surface area contributed by atoms with Crippen molar-refractivity contribution in [2.45, 2.75) is 13.8 Å². The molecule has 1 aromatic carbocycles. The van der Waals surface area contributed by atoms with Crippen molar-refractivity contribution < 1.29 is 14.6 Å². The van der Waals surface area contributed by atoms with Crippen molar-refractivity contribution in [3.05, 3.63) is 35.3 Å². The summed E-state index contributed by atoms with van der Waals surface area (Å²) in [6.07, 6.45) is 0. The molecule has 0 amide bonds. The van der Waals surface area contributed by atoms with Crippen LogP contribution in [0.1, 0.15) is 21.9 Å². The zero-order chi connectivity index (χ0) is 14.2. The number of rotatable bonds is 3. The number of hydrogen-bond acceptors (Lipinski definition) is 3. The first-order valence-electron chi connectivity index (χ1n) is 5.87. The van der Waals surface area contributed by atoms with E-state index in [1.807, 2.05) is 32.2 Å². The van der Waals surface area contributed by atoms with Crippen molar-refractivity contribution in [3.8, 4) is 17.0 Å². The summed E-state index contributed by atoms with van der Waals surface area (Å²) in [5.74, 6) is 0.424. The molecule has 0 atom stereocenters. The van der Waals surface area contributed by atoms with E-state index in [-0.39, 0.29) is 5.69 Å². The van der Waals surface area contributed by atoms with E-state index in [4.69, 9.17) is 4.74 Å². The largest absolute Gasteiger partial charge is 0.496 e. The van der Waals surface area contributed by atoms with Gasteiger partial charge in [-0.25, -0.2) is 9.78 Å². The van der Waals surface area contributed by atoms with E-state index < -0.39 is 5.97 Å². The first-order chi connectivity index (χ1) is 8.95. The molecule has 0 fully saturated rings. The lowest BCUT2D eigenvalue weighted by atomic mass is 10.1. The van der Waals surface area contributed by atoms with E-state index in [9.17, 15) is 9.90 Å². The van der Waals surface area contributed by atoms with E-state index in [1.54, 1.807) is 18.6 Å². The van der Waals surface area contributed by atoms with Gasteiger partial charge in [0.25, 0.3) is 0 Å². The van der Waals surface area contributed by atoms with Crippen LogP contribution in [0.4, 0.5) is 0 Å². The minimum absolute atomic E-state index is 0.0737. The first-order valence-corrected chi connectivity index (χ1v) is 5.87. The van der Waals surface area contributed by atoms with Gasteiger partial charge in [0.2, 0.25) is 0 Å². The highest BCUT2D eigenvalue weighted by molar-refractivity contribution is 5.93. The van der Waals surface area contributed by atoms with E-state index >= 15 is 0 Å². The van der Waals surface area contributed by atoms with Gasteiger partial charge in [-0.3, -0.25) is 0 Å². The fourth-order valence-electron chi connectivity index (χ4n) is 2.12. The molecule has 5 nitrogen and oxygen atoms in total. The molecule has 1 aromatic heterocycles. The highest BCUT2D eigenvalue weighted by Gasteiger charge is 2.20. The van der Waals surface area contributed by atoms with Crippen molar-refractivity contribution in [2.75, 3.05) is 7.11 Å². The second-order valence-corrected chi connectivity index (χ2v) is 4.40. The number of aromatic nitrogens is 2. The summed E-state index contributed by atoms with van der Waals surface area (Å²) < 4.78 is 6.99. The Kier molecular flexibility index (Phi) is 3.29. The van der Waals surface area contributed by atoms with E-state index in [0.29, 0.717) is 11.5 Å². The van der Waals surface area contributed by atoms with Crippen LogP contribution in [0.3, 0.4) is 0 Å². The van der Waals surface area contributed by atoms with Crippen molar-refractivity contribution in [1.82, 2.24) is 9.55 Å². The summed E-state index contributed by atoms with van der Waals surface area (Å²) in [6.45, 7) is 3.71. The predicted molar refractivity (Wildman–Crippen MR) is 71.6 cm³/mol. The Morgan fingerprint density at radius 2 is 2.05 bits per heavy atom. The summed E-state index contributed by atoms with van der Waals surface area (Å²) in [5.41, 5.74) is 2.45. The van der Waals surface area contributed by atoms with Gasteiger partial charge in [-0.1, -0.05) is 0 Å². The number of carboxylic acid groups (broad SMARTS) is 1. The number of carboxylic acids is 1. The minimum atomic E-state index is -1.02. The first kappa shape index (κ1) is 13.1. The average molecular weight is 260 g/mol. The third-order valence-electron chi connectivity index (χ3n) is 3.19. The molecule has 2 aromatic rings. The molecule has 0 saturated heterocycles. The number of hydrogen-bond donors (Lipinski definition) is 1. The molecule has 0 aliphatic carbocycles. The Balaban J connectivity index is 2.64. The Hall–Kier alpha value is -2.30. The number of aromatic carboxylic acids is 1. The standard InChI is InChI=1S/C14H16N2O3/c1-8-7-10(5-6-11(8)19-4)13-12(14(17)18)15-9(2)16(13)3/h5-7H,1-4H3,(H,17,18). The van der Waals surface area contributed by atoms with Gasteiger partial charge in [0, 0.05) is 12.6 Å². The molecule has 0 aliphatic heterocycles. The highest BCUT2D eigenvalue weighted by atomic mass is 16.5. The summed E-state index contributed by atoms with van der Waals surface area (Å²) in [7, 11) is 3.42. The second kappa shape index (κ2) is 4.76. The van der Waals surface area contributed by atoms with Crippen LogP contribution in [0, 0.1) is 13.8 Å². The lowest BCUT2D eigenvalue weighted by molar-refractivity contribution is 0.0692. The summed E-state index contributed by atoms with van der Waals surface area (Å²) in [5, 5.41) is 9.23. The van der Waals surface area contributed by atoms with Crippen molar-refractivity contribution in [1.29, 1.82) is 0 Å². The predicted octanol–water partition coefficient (Wildman–Crippen LogP) is 2.41. The lowest BCUT2D eigenvalue weighted by Gasteiger charge is -2.09. The number of methoxy groups -OCH3 is 1. The van der Waals surface area contributed by atoms with Crippen LogP contribution in [0.15, 0.2) is 18.2 Å². The van der Waals surface area contributed by atoms with Crippen LogP contribution >= 0.6 is 0 Å². The maximum atomic E-state index is 11.3. The minimum Gasteiger partial charge on any atom is -0.496 e. The number of imidazole rings is 1. The quantitative estimate of drug-likeness (QED) is 0.920. The van der Waals surface area contributed by atoms with Crippen LogP contribution in [0.25, 0.3) is 11.3 Å². The molecule has 0 aliphatic rings. The molecule has 100 valence electrons. The number of carbonyl (C=O) groups is 1. The number of nitrogens with zero attached hydrogens (tertiary/aromatic N) is 2. The van der Waals surface area contributed by atoms with Gasteiger partial charge in [-0.05, 0) is 37.6 Å². The van der Waals surface area contributed by atoms with Crippen LogP contribution < -0.4 is 4.74 Å². The molecular weight excluding hydrogens is 244 g/mol. The monoisotopic (exact) mass is 260 g/mol. The number of aryl methyl sites for hydroxylation is 2. The van der Waals surface area contributed by atoms with Gasteiger partial charge < -0.3 is 14.4 Å². The Labute approximate surface area is 111 Å². The van der Waals surface area contributed by atoms with Gasteiger partial charge in [0.1, 0.15) is 11.6 Å². The van der Waals surface area contributed by atoms with Crippen molar-refractivity contribution in [2.24, 2.45) is 7.05 Å². The van der Waals surface area contributed by atoms with Crippen LogP contribution in [0.2, 0.25) is 0 Å². The zero-order valence-corrected chi connectivity index (χ0v) is 11.4. The molecule has 1 N–H and O–H groups in total. The lowest BCUT2D eigenvalue weighted by Crippen LogP contribution is -2.01. The fraction of sp³-hybridized carbons (Fsp3) is 0.286. The fourth-order valence-corrected chi connectivity index (χ4v) is 2.12. The zero-order valence-electron chi connectivity index (χ0n) is 11.4. The molecule has 19 heavy (non-hydrogen) atoms. The molecule has 0 bridgehead atoms. The van der Waals surface area contributed by atoms with Crippen molar-refractivity contribution in [3.63, 3.8) is 0 Å². The smallest absolute Gasteiger partial charge is 0.356 e. The molecule has 5 heteroatoms. The Morgan fingerprint density at radius 3 is 2.58 bits per heavy atom.